The number of nitrogens with zero attached hydrogens (tertiary/aromatic N) is 2. The van der Waals surface area contributed by atoms with E-state index < -0.39 is 0 Å². The lowest BCUT2D eigenvalue weighted by molar-refractivity contribution is 0.353. The number of nitrogens with one attached hydrogen (secondary N) is 1. The quantitative estimate of drug-likeness (QED) is 0.874. The van der Waals surface area contributed by atoms with Gasteiger partial charge in [0.2, 0.25) is 0 Å². The van der Waals surface area contributed by atoms with Crippen LogP contribution in [0, 0.1) is 6.92 Å². The second-order valence-corrected chi connectivity index (χ2v) is 7.13. The molecule has 2 rings (SSSR count). The van der Waals surface area contributed by atoms with Crippen LogP contribution >= 0.6 is 0 Å². The van der Waals surface area contributed by atoms with Gasteiger partial charge in [-0.3, -0.25) is 4.68 Å². The second kappa shape index (κ2) is 7.26. The SMILES string of the molecule is COc1cc(C)c([C@H](C)NCc2cnn(C(C)(C)C)c2)cc1OC. The van der Waals surface area contributed by atoms with Crippen LogP contribution in [0.5, 0.6) is 11.5 Å². The third-order valence-electron chi connectivity index (χ3n) is 4.17. The van der Waals surface area contributed by atoms with Crippen molar-refractivity contribution in [2.75, 3.05) is 14.2 Å². The van der Waals surface area contributed by atoms with Crippen molar-refractivity contribution in [1.29, 1.82) is 0 Å². The Morgan fingerprint density at radius 2 is 1.79 bits per heavy atom. The maximum Gasteiger partial charge on any atom is 0.161 e. The van der Waals surface area contributed by atoms with Gasteiger partial charge in [0.1, 0.15) is 0 Å². The summed E-state index contributed by atoms with van der Waals surface area (Å²) in [6, 6.07) is 4.26. The summed E-state index contributed by atoms with van der Waals surface area (Å²) in [4.78, 5) is 0. The summed E-state index contributed by atoms with van der Waals surface area (Å²) < 4.78 is 12.8. The van der Waals surface area contributed by atoms with Gasteiger partial charge in [0.25, 0.3) is 0 Å². The Bertz CT molecular complexity index is 686. The minimum atomic E-state index is 0.00377. The first-order valence-corrected chi connectivity index (χ1v) is 8.26. The maximum absolute atomic E-state index is 5.42. The zero-order valence-corrected chi connectivity index (χ0v) is 15.8. The van der Waals surface area contributed by atoms with Crippen molar-refractivity contribution >= 4 is 0 Å². The molecule has 0 amide bonds. The lowest BCUT2D eigenvalue weighted by atomic mass is 10.0. The van der Waals surface area contributed by atoms with Gasteiger partial charge in [0.05, 0.1) is 26.0 Å². The Balaban J connectivity index is 2.10. The fraction of sp³-hybridized carbons (Fsp3) is 0.526. The van der Waals surface area contributed by atoms with E-state index in [0.29, 0.717) is 0 Å². The molecular formula is C19H29N3O2. The van der Waals surface area contributed by atoms with E-state index in [1.54, 1.807) is 14.2 Å². The summed E-state index contributed by atoms with van der Waals surface area (Å²) in [7, 11) is 3.32. The van der Waals surface area contributed by atoms with Gasteiger partial charge in [0, 0.05) is 24.3 Å². The summed E-state index contributed by atoms with van der Waals surface area (Å²) in [5.41, 5.74) is 3.56. The molecule has 0 aliphatic rings. The largest absolute Gasteiger partial charge is 0.493 e. The van der Waals surface area contributed by atoms with E-state index >= 15 is 0 Å². The normalized spacial score (nSPS) is 13.0. The topological polar surface area (TPSA) is 48.3 Å². The summed E-state index contributed by atoms with van der Waals surface area (Å²) in [5.74, 6) is 1.52. The molecule has 0 spiro atoms. The monoisotopic (exact) mass is 331 g/mol. The minimum absolute atomic E-state index is 0.00377. The molecular weight excluding hydrogens is 302 g/mol. The summed E-state index contributed by atoms with van der Waals surface area (Å²) in [6.07, 6.45) is 4.02. The minimum Gasteiger partial charge on any atom is -0.493 e. The predicted molar refractivity (Wildman–Crippen MR) is 96.8 cm³/mol. The second-order valence-electron chi connectivity index (χ2n) is 7.13. The molecule has 0 aliphatic heterocycles. The van der Waals surface area contributed by atoms with Crippen LogP contribution in [0.2, 0.25) is 0 Å². The van der Waals surface area contributed by atoms with Gasteiger partial charge in [-0.25, -0.2) is 0 Å². The molecule has 24 heavy (non-hydrogen) atoms. The van der Waals surface area contributed by atoms with Crippen LogP contribution in [0.3, 0.4) is 0 Å². The van der Waals surface area contributed by atoms with Crippen molar-refractivity contribution in [2.45, 2.75) is 52.7 Å². The molecule has 2 aromatic rings. The molecule has 0 saturated carbocycles. The van der Waals surface area contributed by atoms with Crippen molar-refractivity contribution in [1.82, 2.24) is 15.1 Å². The number of hydrogen-bond donors (Lipinski definition) is 1. The Morgan fingerprint density at radius 1 is 1.17 bits per heavy atom. The van der Waals surface area contributed by atoms with E-state index in [1.807, 2.05) is 23.0 Å². The Kier molecular flexibility index (Phi) is 5.54. The standard InChI is InChI=1S/C19H29N3O2/c1-13-8-17(23-6)18(24-7)9-16(13)14(2)20-10-15-11-21-22(12-15)19(3,4)5/h8-9,11-12,14,20H,10H2,1-7H3/t14-/m0/s1. The Labute approximate surface area is 145 Å². The van der Waals surface area contributed by atoms with Gasteiger partial charge in [-0.2, -0.15) is 5.10 Å². The van der Waals surface area contributed by atoms with Crippen LogP contribution in [0.1, 0.15) is 50.4 Å². The first-order chi connectivity index (χ1) is 11.3. The van der Waals surface area contributed by atoms with Gasteiger partial charge >= 0.3 is 0 Å². The molecule has 5 nitrogen and oxygen atoms in total. The van der Waals surface area contributed by atoms with Crippen molar-refractivity contribution in [3.8, 4) is 11.5 Å². The molecule has 1 N–H and O–H groups in total. The zero-order valence-electron chi connectivity index (χ0n) is 15.8. The lowest BCUT2D eigenvalue weighted by Gasteiger charge is -2.19. The molecule has 0 saturated heterocycles. The Hall–Kier alpha value is -2.01. The van der Waals surface area contributed by atoms with Crippen LogP contribution in [-0.4, -0.2) is 24.0 Å². The number of aromatic nitrogens is 2. The zero-order chi connectivity index (χ0) is 17.9. The molecule has 5 heteroatoms. The van der Waals surface area contributed by atoms with Crippen LogP contribution in [0.25, 0.3) is 0 Å². The number of rotatable bonds is 6. The van der Waals surface area contributed by atoms with Gasteiger partial charge in [-0.15, -0.1) is 0 Å². The van der Waals surface area contributed by atoms with Crippen LogP contribution in [-0.2, 0) is 12.1 Å². The molecule has 0 radical (unpaired) electrons. The number of methoxy groups -OCH3 is 2. The van der Waals surface area contributed by atoms with E-state index in [2.05, 4.69) is 51.2 Å². The van der Waals surface area contributed by atoms with Crippen molar-refractivity contribution in [3.63, 3.8) is 0 Å². The molecule has 0 unspecified atom stereocenters. The number of hydrogen-bond acceptors (Lipinski definition) is 4. The van der Waals surface area contributed by atoms with Crippen molar-refractivity contribution in [2.24, 2.45) is 0 Å². The van der Waals surface area contributed by atoms with Crippen molar-refractivity contribution < 1.29 is 9.47 Å². The first-order valence-electron chi connectivity index (χ1n) is 8.26. The molecule has 1 atom stereocenters. The maximum atomic E-state index is 5.42. The van der Waals surface area contributed by atoms with Crippen LogP contribution in [0.15, 0.2) is 24.5 Å². The highest BCUT2D eigenvalue weighted by atomic mass is 16.5. The number of benzene rings is 1. The highest BCUT2D eigenvalue weighted by Gasteiger charge is 2.16. The Morgan fingerprint density at radius 3 is 2.33 bits per heavy atom. The average Bonchev–Trinajstić information content (AvgIpc) is 3.01. The fourth-order valence-corrected chi connectivity index (χ4v) is 2.66. The van der Waals surface area contributed by atoms with Gasteiger partial charge < -0.3 is 14.8 Å². The van der Waals surface area contributed by atoms with E-state index in [4.69, 9.17) is 9.47 Å². The van der Waals surface area contributed by atoms with E-state index in [0.717, 1.165) is 18.0 Å². The van der Waals surface area contributed by atoms with Gasteiger partial charge in [-0.1, -0.05) is 0 Å². The number of ether oxygens (including phenoxy) is 2. The van der Waals surface area contributed by atoms with Gasteiger partial charge in [0.15, 0.2) is 11.5 Å². The number of aryl methyl sites for hydroxylation is 1. The van der Waals surface area contributed by atoms with Crippen LogP contribution in [0.4, 0.5) is 0 Å². The lowest BCUT2D eigenvalue weighted by Crippen LogP contribution is -2.22. The summed E-state index contributed by atoms with van der Waals surface area (Å²) in [5, 5.41) is 8.01. The molecule has 1 aromatic heterocycles. The van der Waals surface area contributed by atoms with E-state index in [9.17, 15) is 0 Å². The summed E-state index contributed by atoms with van der Waals surface area (Å²) >= 11 is 0. The van der Waals surface area contributed by atoms with E-state index in [-0.39, 0.29) is 11.6 Å². The summed E-state index contributed by atoms with van der Waals surface area (Å²) in [6.45, 7) is 11.5. The average molecular weight is 331 g/mol. The first kappa shape index (κ1) is 18.3. The predicted octanol–water partition coefficient (Wildman–Crippen LogP) is 3.81. The highest BCUT2D eigenvalue weighted by molar-refractivity contribution is 5.48. The molecule has 0 aliphatic carbocycles. The molecule has 0 bridgehead atoms. The third kappa shape index (κ3) is 4.09. The third-order valence-corrected chi connectivity index (χ3v) is 4.17. The smallest absolute Gasteiger partial charge is 0.161 e. The van der Waals surface area contributed by atoms with Gasteiger partial charge in [-0.05, 0) is 57.9 Å². The fourth-order valence-electron chi connectivity index (χ4n) is 2.66. The highest BCUT2D eigenvalue weighted by Crippen LogP contribution is 2.32. The molecule has 1 heterocycles. The molecule has 0 fully saturated rings. The van der Waals surface area contributed by atoms with Crippen molar-refractivity contribution in [3.05, 3.63) is 41.2 Å². The van der Waals surface area contributed by atoms with Crippen LogP contribution < -0.4 is 14.8 Å². The molecule has 132 valence electrons. The molecule has 1 aromatic carbocycles. The van der Waals surface area contributed by atoms with E-state index in [1.165, 1.54) is 16.7 Å².